The van der Waals surface area contributed by atoms with Gasteiger partial charge in [-0.2, -0.15) is 0 Å². The van der Waals surface area contributed by atoms with Crippen molar-refractivity contribution in [2.45, 2.75) is 466 Å². The molecule has 0 aliphatic carbocycles. The van der Waals surface area contributed by atoms with E-state index in [1.807, 2.05) is 0 Å². The minimum absolute atomic E-state index is 0.197. The quantitative estimate of drug-likeness (QED) is 0.0204. The van der Waals surface area contributed by atoms with Gasteiger partial charge in [0.05, 0.1) is 32.0 Å². The molecule has 552 valence electrons. The predicted molar refractivity (Wildman–Crippen MR) is 383 cm³/mol. The van der Waals surface area contributed by atoms with Crippen molar-refractivity contribution in [3.8, 4) is 0 Å². The van der Waals surface area contributed by atoms with E-state index < -0.39 is 86.8 Å². The van der Waals surface area contributed by atoms with Gasteiger partial charge in [-0.05, 0) is 38.5 Å². The molecule has 0 radical (unpaired) electrons. The predicted octanol–water partition coefficient (Wildman–Crippen LogP) is 18.1. The topological polar surface area (TPSA) is 228 Å². The highest BCUT2D eigenvalue weighted by atomic mass is 16.7. The minimum Gasteiger partial charge on any atom is -0.394 e. The second kappa shape index (κ2) is 64.1. The number of carbonyl (C=O) groups excluding carboxylic acids is 1. The van der Waals surface area contributed by atoms with Crippen LogP contribution in [0.25, 0.3) is 0 Å². The standard InChI is InChI=1S/C79H153NO13/c1-3-5-7-9-11-13-15-17-19-21-23-25-27-29-31-33-35-36-38-40-42-44-46-48-50-52-54-56-58-60-62-68(83)67(66-90-78-76(89)74(87)77(70(65-82)92-78)93-79-75(88)73(86)72(85)69(64-81)91-79)80-71(84)63-61-59-57-55-53-51-49-47-45-43-41-39-37-34-32-30-28-26-24-22-20-18-16-14-12-10-8-6-4-2/h22,24,67-70,72-79,81-83,85-89H,3-21,23,25-66H2,1-2H3,(H,80,84)/b24-22-. The normalized spacial score (nSPS) is 22.5. The maximum atomic E-state index is 13.4. The van der Waals surface area contributed by atoms with Crippen LogP contribution in [0, 0.1) is 0 Å². The largest absolute Gasteiger partial charge is 0.394 e. The number of aliphatic hydroxyl groups is 8. The molecule has 0 aromatic heterocycles. The van der Waals surface area contributed by atoms with E-state index in [1.165, 1.54) is 315 Å². The van der Waals surface area contributed by atoms with Gasteiger partial charge in [-0.15, -0.1) is 0 Å². The van der Waals surface area contributed by atoms with Crippen molar-refractivity contribution < 1.29 is 64.6 Å². The third-order valence-corrected chi connectivity index (χ3v) is 20.2. The molecule has 9 N–H and O–H groups in total. The molecular formula is C79H153NO13. The summed E-state index contributed by atoms with van der Waals surface area (Å²) >= 11 is 0. The van der Waals surface area contributed by atoms with Gasteiger partial charge < -0.3 is 65.1 Å². The van der Waals surface area contributed by atoms with Crippen molar-refractivity contribution in [1.82, 2.24) is 5.32 Å². The lowest BCUT2D eigenvalue weighted by Crippen LogP contribution is -2.65. The Labute approximate surface area is 571 Å². The molecule has 0 spiro atoms. The van der Waals surface area contributed by atoms with Crippen LogP contribution in [0.5, 0.6) is 0 Å². The Hall–Kier alpha value is -1.27. The first-order valence-corrected chi connectivity index (χ1v) is 40.4. The zero-order chi connectivity index (χ0) is 67.3. The molecule has 93 heavy (non-hydrogen) atoms. The molecule has 2 aliphatic heterocycles. The Morgan fingerprint density at radius 2 is 0.677 bits per heavy atom. The van der Waals surface area contributed by atoms with Gasteiger partial charge in [0.2, 0.25) is 5.91 Å². The Morgan fingerprint density at radius 3 is 1.02 bits per heavy atom. The molecule has 0 bridgehead atoms. The number of ether oxygens (including phenoxy) is 4. The van der Waals surface area contributed by atoms with E-state index in [4.69, 9.17) is 18.9 Å². The van der Waals surface area contributed by atoms with Crippen LogP contribution >= 0.6 is 0 Å². The molecule has 2 aliphatic rings. The van der Waals surface area contributed by atoms with Gasteiger partial charge in [-0.25, -0.2) is 0 Å². The molecule has 12 unspecified atom stereocenters. The second-order valence-electron chi connectivity index (χ2n) is 28.9. The summed E-state index contributed by atoms with van der Waals surface area (Å²) in [7, 11) is 0. The lowest BCUT2D eigenvalue weighted by molar-refractivity contribution is -0.359. The average Bonchev–Trinajstić information content (AvgIpc) is 0.854. The lowest BCUT2D eigenvalue weighted by Gasteiger charge is -2.46. The Bertz CT molecular complexity index is 1610. The fourth-order valence-electron chi connectivity index (χ4n) is 13.8. The minimum atomic E-state index is -1.78. The SMILES string of the molecule is CCCCCCCCCC/C=C\CCCCCCCCCCCCCCCCCCCC(=O)NC(COC1OC(CO)C(OC2OC(CO)C(O)C(O)C2O)C(O)C1O)C(O)CCCCCCCCCCCCCCCCCCCCCCCCCCCCCCCC. The Kier molecular flexibility index (Phi) is 60.6. The van der Waals surface area contributed by atoms with Crippen LogP contribution in [0.15, 0.2) is 12.2 Å². The summed E-state index contributed by atoms with van der Waals surface area (Å²) in [5.41, 5.74) is 0. The first kappa shape index (κ1) is 87.8. The van der Waals surface area contributed by atoms with Gasteiger partial charge in [-0.3, -0.25) is 4.79 Å². The van der Waals surface area contributed by atoms with Gasteiger partial charge in [-0.1, -0.05) is 360 Å². The summed E-state index contributed by atoms with van der Waals surface area (Å²) < 4.78 is 23.0. The van der Waals surface area contributed by atoms with E-state index in [-0.39, 0.29) is 12.5 Å². The summed E-state index contributed by atoms with van der Waals surface area (Å²) in [4.78, 5) is 13.4. The molecular weight excluding hydrogens is 1170 g/mol. The molecule has 12 atom stereocenters. The van der Waals surface area contributed by atoms with E-state index in [0.29, 0.717) is 12.8 Å². The Balaban J connectivity index is 1.60. The summed E-state index contributed by atoms with van der Waals surface area (Å²) in [5, 5.41) is 87.9. The Morgan fingerprint density at radius 1 is 0.376 bits per heavy atom. The maximum Gasteiger partial charge on any atom is 0.220 e. The average molecular weight is 1330 g/mol. The molecule has 14 heteroatoms. The maximum absolute atomic E-state index is 13.4. The number of hydrogen-bond donors (Lipinski definition) is 9. The van der Waals surface area contributed by atoms with Crippen LogP contribution in [0.1, 0.15) is 393 Å². The summed E-state index contributed by atoms with van der Waals surface area (Å²) in [6.07, 6.45) is 64.0. The van der Waals surface area contributed by atoms with Crippen molar-refractivity contribution in [3.63, 3.8) is 0 Å². The van der Waals surface area contributed by atoms with Crippen molar-refractivity contribution in [1.29, 1.82) is 0 Å². The third-order valence-electron chi connectivity index (χ3n) is 20.2. The molecule has 0 aromatic rings. The van der Waals surface area contributed by atoms with E-state index in [1.54, 1.807) is 0 Å². The van der Waals surface area contributed by atoms with Crippen molar-refractivity contribution in [2.75, 3.05) is 19.8 Å². The number of unbranched alkanes of at least 4 members (excludes halogenated alkanes) is 54. The number of hydrogen-bond acceptors (Lipinski definition) is 13. The summed E-state index contributed by atoms with van der Waals surface area (Å²) in [5.74, 6) is -0.197. The van der Waals surface area contributed by atoms with Gasteiger partial charge in [0, 0.05) is 6.42 Å². The van der Waals surface area contributed by atoms with Crippen molar-refractivity contribution in [3.05, 3.63) is 12.2 Å². The number of carbonyl (C=O) groups is 1. The number of amides is 1. The lowest BCUT2D eigenvalue weighted by atomic mass is 9.97. The number of rotatable bonds is 69. The van der Waals surface area contributed by atoms with Gasteiger partial charge >= 0.3 is 0 Å². The van der Waals surface area contributed by atoms with E-state index in [9.17, 15) is 45.6 Å². The van der Waals surface area contributed by atoms with Crippen LogP contribution in [-0.2, 0) is 23.7 Å². The zero-order valence-electron chi connectivity index (χ0n) is 60.5. The molecule has 1 amide bonds. The van der Waals surface area contributed by atoms with Crippen LogP contribution in [-0.4, -0.2) is 140 Å². The van der Waals surface area contributed by atoms with E-state index in [0.717, 1.165) is 51.4 Å². The van der Waals surface area contributed by atoms with Crippen LogP contribution in [0.4, 0.5) is 0 Å². The first-order chi connectivity index (χ1) is 45.6. The molecule has 2 rings (SSSR count). The second-order valence-corrected chi connectivity index (χ2v) is 28.9. The van der Waals surface area contributed by atoms with Gasteiger partial charge in [0.1, 0.15) is 48.8 Å². The first-order valence-electron chi connectivity index (χ1n) is 40.4. The fraction of sp³-hybridized carbons (Fsp3) is 0.962. The summed E-state index contributed by atoms with van der Waals surface area (Å²) in [6, 6.07) is -0.827. The zero-order valence-corrected chi connectivity index (χ0v) is 60.5. The molecule has 0 saturated carbocycles. The highest BCUT2D eigenvalue weighted by Gasteiger charge is 2.51. The van der Waals surface area contributed by atoms with Crippen molar-refractivity contribution >= 4 is 5.91 Å². The molecule has 14 nitrogen and oxygen atoms in total. The van der Waals surface area contributed by atoms with Crippen LogP contribution in [0.3, 0.4) is 0 Å². The smallest absolute Gasteiger partial charge is 0.220 e. The van der Waals surface area contributed by atoms with Crippen LogP contribution in [0.2, 0.25) is 0 Å². The number of nitrogens with one attached hydrogen (secondary N) is 1. The number of aliphatic hydroxyl groups excluding tert-OH is 8. The molecule has 0 aromatic carbocycles. The highest BCUT2D eigenvalue weighted by molar-refractivity contribution is 5.76. The monoisotopic (exact) mass is 1320 g/mol. The fourth-order valence-corrected chi connectivity index (χ4v) is 13.8. The number of allylic oxidation sites excluding steroid dienone is 2. The van der Waals surface area contributed by atoms with Crippen LogP contribution < -0.4 is 5.32 Å². The molecule has 2 heterocycles. The summed E-state index contributed by atoms with van der Waals surface area (Å²) in [6.45, 7) is 2.94. The van der Waals surface area contributed by atoms with E-state index >= 15 is 0 Å². The van der Waals surface area contributed by atoms with Gasteiger partial charge in [0.25, 0.3) is 0 Å². The molecule has 2 saturated heterocycles. The van der Waals surface area contributed by atoms with Crippen molar-refractivity contribution in [2.24, 2.45) is 0 Å². The third kappa shape index (κ3) is 47.4. The van der Waals surface area contributed by atoms with E-state index in [2.05, 4.69) is 31.3 Å². The molecule has 2 fully saturated rings. The van der Waals surface area contributed by atoms with Gasteiger partial charge in [0.15, 0.2) is 12.6 Å². The highest BCUT2D eigenvalue weighted by Crippen LogP contribution is 2.30.